The first kappa shape index (κ1) is 26.7. The lowest BCUT2D eigenvalue weighted by atomic mass is 10.0. The number of rotatable bonds is 11. The van der Waals surface area contributed by atoms with E-state index < -0.39 is 11.7 Å². The molecule has 2 aromatic heterocycles. The number of hydrogen-bond acceptors (Lipinski definition) is 7. The van der Waals surface area contributed by atoms with Crippen LogP contribution in [0.2, 0.25) is 0 Å². The number of ether oxygens (including phenoxy) is 1. The van der Waals surface area contributed by atoms with Crippen LogP contribution >= 0.6 is 0 Å². The Morgan fingerprint density at radius 1 is 1.10 bits per heavy atom. The third-order valence-electron chi connectivity index (χ3n) is 7.25. The van der Waals surface area contributed by atoms with Crippen LogP contribution in [0.3, 0.4) is 0 Å². The van der Waals surface area contributed by atoms with Crippen LogP contribution in [0.25, 0.3) is 11.0 Å². The molecule has 0 atom stereocenters. The fourth-order valence-corrected chi connectivity index (χ4v) is 5.33. The Morgan fingerprint density at radius 3 is 2.69 bits per heavy atom. The summed E-state index contributed by atoms with van der Waals surface area (Å²) in [7, 11) is 0. The van der Waals surface area contributed by atoms with Gasteiger partial charge in [0.1, 0.15) is 22.9 Å². The SMILES string of the molecule is CCOC1=C(N2CCN(Cc3ccc(C(=O)CCCc4c(C(N)=O)oc5ccc(F)cc45)o3)CC2)C=CCC1. The van der Waals surface area contributed by atoms with Crippen molar-refractivity contribution < 1.29 is 27.6 Å². The van der Waals surface area contributed by atoms with E-state index in [2.05, 4.69) is 22.0 Å². The Kier molecular flexibility index (Phi) is 8.16. The van der Waals surface area contributed by atoms with Crippen LogP contribution in [0.15, 0.2) is 62.8 Å². The molecule has 39 heavy (non-hydrogen) atoms. The number of nitrogens with zero attached hydrogens (tertiary/aromatic N) is 2. The van der Waals surface area contributed by atoms with Crippen LogP contribution in [0, 0.1) is 5.82 Å². The Hall–Kier alpha value is -3.85. The van der Waals surface area contributed by atoms with Gasteiger partial charge in [-0.1, -0.05) is 6.08 Å². The minimum Gasteiger partial charge on any atom is -0.496 e. The molecule has 1 saturated heterocycles. The first-order valence-electron chi connectivity index (χ1n) is 13.6. The summed E-state index contributed by atoms with van der Waals surface area (Å²) in [5.41, 5.74) is 7.57. The normalized spacial score (nSPS) is 16.3. The summed E-state index contributed by atoms with van der Waals surface area (Å²) in [5, 5.41) is 0.501. The van der Waals surface area contributed by atoms with Crippen molar-refractivity contribution in [2.45, 2.75) is 45.6 Å². The molecular weight excluding hydrogens is 501 g/mol. The van der Waals surface area contributed by atoms with E-state index in [9.17, 15) is 14.0 Å². The molecule has 5 rings (SSSR count). The Bertz CT molecular complexity index is 1410. The molecule has 0 unspecified atom stereocenters. The van der Waals surface area contributed by atoms with Crippen LogP contribution in [-0.2, 0) is 17.7 Å². The predicted octanol–water partition coefficient (Wildman–Crippen LogP) is 5.19. The van der Waals surface area contributed by atoms with Gasteiger partial charge in [0, 0.05) is 50.0 Å². The molecule has 9 heteroatoms. The van der Waals surface area contributed by atoms with Crippen molar-refractivity contribution in [2.24, 2.45) is 5.73 Å². The fraction of sp³-hybridized carbons (Fsp3) is 0.400. The maximum atomic E-state index is 13.8. The number of allylic oxidation sites excluding steroid dienone is 3. The third kappa shape index (κ3) is 6.09. The van der Waals surface area contributed by atoms with Crippen molar-refractivity contribution in [3.05, 3.63) is 82.6 Å². The molecule has 0 bridgehead atoms. The largest absolute Gasteiger partial charge is 0.496 e. The maximum absolute atomic E-state index is 13.8. The highest BCUT2D eigenvalue weighted by molar-refractivity contribution is 5.98. The van der Waals surface area contributed by atoms with Gasteiger partial charge in [-0.15, -0.1) is 0 Å². The van der Waals surface area contributed by atoms with Crippen LogP contribution < -0.4 is 5.73 Å². The molecule has 1 aromatic carbocycles. The van der Waals surface area contributed by atoms with Crippen molar-refractivity contribution >= 4 is 22.7 Å². The molecule has 2 N–H and O–H groups in total. The molecule has 3 aromatic rings. The van der Waals surface area contributed by atoms with E-state index in [1.165, 1.54) is 23.9 Å². The zero-order chi connectivity index (χ0) is 27.4. The molecule has 2 aliphatic rings. The van der Waals surface area contributed by atoms with Crippen molar-refractivity contribution in [1.82, 2.24) is 9.80 Å². The summed E-state index contributed by atoms with van der Waals surface area (Å²) in [5.74, 6) is 0.900. The second-order valence-electron chi connectivity index (χ2n) is 9.90. The number of carbonyl (C=O) groups excluding carboxylic acids is 2. The van der Waals surface area contributed by atoms with Gasteiger partial charge in [-0.05, 0) is 62.6 Å². The zero-order valence-electron chi connectivity index (χ0n) is 22.2. The van der Waals surface area contributed by atoms with Crippen LogP contribution in [0.5, 0.6) is 0 Å². The molecule has 8 nitrogen and oxygen atoms in total. The number of carbonyl (C=O) groups is 2. The van der Waals surface area contributed by atoms with Gasteiger partial charge in [-0.3, -0.25) is 14.5 Å². The molecule has 0 spiro atoms. The molecular formula is C30H34FN3O5. The average Bonchev–Trinajstić information content (AvgIpc) is 3.54. The Labute approximate surface area is 226 Å². The number of halogens is 1. The second kappa shape index (κ2) is 11.9. The maximum Gasteiger partial charge on any atom is 0.284 e. The van der Waals surface area contributed by atoms with Gasteiger partial charge in [0.15, 0.2) is 17.3 Å². The summed E-state index contributed by atoms with van der Waals surface area (Å²) < 4.78 is 31.1. The van der Waals surface area contributed by atoms with E-state index in [4.69, 9.17) is 19.3 Å². The highest BCUT2D eigenvalue weighted by Gasteiger charge is 2.23. The van der Waals surface area contributed by atoms with Gasteiger partial charge in [0.25, 0.3) is 5.91 Å². The average molecular weight is 536 g/mol. The number of Topliss-reactive ketones (excluding diaryl/α,β-unsaturated/α-hetero) is 1. The summed E-state index contributed by atoms with van der Waals surface area (Å²) in [6.07, 6.45) is 7.37. The number of furan rings is 2. The predicted molar refractivity (Wildman–Crippen MR) is 145 cm³/mol. The van der Waals surface area contributed by atoms with Crippen molar-refractivity contribution in [3.8, 4) is 0 Å². The van der Waals surface area contributed by atoms with Gasteiger partial charge >= 0.3 is 0 Å². The summed E-state index contributed by atoms with van der Waals surface area (Å²) >= 11 is 0. The third-order valence-corrected chi connectivity index (χ3v) is 7.25. The summed E-state index contributed by atoms with van der Waals surface area (Å²) in [4.78, 5) is 29.4. The highest BCUT2D eigenvalue weighted by atomic mass is 19.1. The summed E-state index contributed by atoms with van der Waals surface area (Å²) in [6, 6.07) is 7.64. The lowest BCUT2D eigenvalue weighted by Crippen LogP contribution is -2.45. The zero-order valence-corrected chi connectivity index (χ0v) is 22.2. The number of hydrogen-bond donors (Lipinski definition) is 1. The quantitative estimate of drug-likeness (QED) is 0.337. The van der Waals surface area contributed by atoms with Gasteiger partial charge < -0.3 is 24.2 Å². The van der Waals surface area contributed by atoms with E-state index in [0.29, 0.717) is 48.3 Å². The number of amides is 1. The van der Waals surface area contributed by atoms with Gasteiger partial charge in [0.05, 0.1) is 18.8 Å². The first-order valence-corrected chi connectivity index (χ1v) is 13.6. The number of primary amides is 1. The number of aryl methyl sites for hydroxylation is 1. The second-order valence-corrected chi connectivity index (χ2v) is 9.90. The fourth-order valence-electron chi connectivity index (χ4n) is 5.33. The van der Waals surface area contributed by atoms with Crippen LogP contribution in [0.4, 0.5) is 4.39 Å². The van der Waals surface area contributed by atoms with Crippen molar-refractivity contribution in [1.29, 1.82) is 0 Å². The van der Waals surface area contributed by atoms with Crippen LogP contribution in [0.1, 0.15) is 65.0 Å². The topological polar surface area (TPSA) is 102 Å². The van der Waals surface area contributed by atoms with E-state index in [1.807, 2.05) is 13.0 Å². The van der Waals surface area contributed by atoms with Crippen LogP contribution in [-0.4, -0.2) is 54.3 Å². The summed E-state index contributed by atoms with van der Waals surface area (Å²) in [6.45, 7) is 6.94. The van der Waals surface area contributed by atoms with Crippen molar-refractivity contribution in [2.75, 3.05) is 32.8 Å². The number of fused-ring (bicyclic) bond motifs is 1. The lowest BCUT2D eigenvalue weighted by Gasteiger charge is -2.37. The minimum atomic E-state index is -0.717. The Balaban J connectivity index is 1.13. The Morgan fingerprint density at radius 2 is 1.92 bits per heavy atom. The van der Waals surface area contributed by atoms with E-state index in [0.717, 1.165) is 50.5 Å². The van der Waals surface area contributed by atoms with Gasteiger partial charge in [-0.2, -0.15) is 0 Å². The molecule has 3 heterocycles. The lowest BCUT2D eigenvalue weighted by molar-refractivity contribution is 0.0945. The highest BCUT2D eigenvalue weighted by Crippen LogP contribution is 2.29. The van der Waals surface area contributed by atoms with Gasteiger partial charge in [-0.25, -0.2) is 4.39 Å². The molecule has 1 amide bonds. The van der Waals surface area contributed by atoms with E-state index >= 15 is 0 Å². The molecule has 1 fully saturated rings. The number of benzene rings is 1. The molecule has 1 aliphatic heterocycles. The number of ketones is 1. The smallest absolute Gasteiger partial charge is 0.284 e. The first-order chi connectivity index (χ1) is 18.9. The van der Waals surface area contributed by atoms with E-state index in [-0.39, 0.29) is 18.0 Å². The number of nitrogens with two attached hydrogens (primary N) is 1. The van der Waals surface area contributed by atoms with E-state index in [1.54, 1.807) is 6.07 Å². The van der Waals surface area contributed by atoms with Gasteiger partial charge in [0.2, 0.25) is 0 Å². The molecule has 0 saturated carbocycles. The minimum absolute atomic E-state index is 0.00773. The monoisotopic (exact) mass is 535 g/mol. The van der Waals surface area contributed by atoms with Crippen molar-refractivity contribution in [3.63, 3.8) is 0 Å². The number of piperazine rings is 1. The molecule has 1 aliphatic carbocycles. The molecule has 206 valence electrons. The molecule has 0 radical (unpaired) electrons. The standard InChI is InChI=1S/C30H34FN3O5/c1-2-37-27-9-4-3-7-24(27)34-16-14-33(15-17-34)19-21-11-13-28(38-21)25(35)8-5-6-22-23-18-20(31)10-12-26(23)39-29(22)30(32)36/h3,7,10-13,18H,2,4-6,8-9,14-17,19H2,1H3,(H2,32,36).